The van der Waals surface area contributed by atoms with E-state index in [1.165, 1.54) is 11.0 Å². The molecular weight excluding hydrogens is 374 g/mol. The van der Waals surface area contributed by atoms with Gasteiger partial charge in [-0.15, -0.1) is 11.8 Å². The number of nitrogens with zero attached hydrogens (tertiary/aromatic N) is 1. The molecule has 0 atom stereocenters. The number of carbonyl (C=O) groups is 2. The summed E-state index contributed by atoms with van der Waals surface area (Å²) in [6, 6.07) is 9.12. The van der Waals surface area contributed by atoms with Gasteiger partial charge in [0, 0.05) is 40.7 Å². The van der Waals surface area contributed by atoms with E-state index in [2.05, 4.69) is 0 Å². The minimum absolute atomic E-state index is 0.0732. The van der Waals surface area contributed by atoms with E-state index in [1.807, 2.05) is 24.3 Å². The third-order valence-electron chi connectivity index (χ3n) is 4.42. The third-order valence-corrected chi connectivity index (χ3v) is 6.02. The molecule has 26 heavy (non-hydrogen) atoms. The Labute approximate surface area is 161 Å². The molecule has 7 heteroatoms. The Kier molecular flexibility index (Phi) is 5.94. The highest BCUT2D eigenvalue weighted by Gasteiger charge is 2.28. The van der Waals surface area contributed by atoms with Crippen LogP contribution in [0, 0.1) is 0 Å². The lowest BCUT2D eigenvalue weighted by atomic mass is 10.1. The number of aryl methyl sites for hydroxylation is 1. The molecule has 5 nitrogen and oxygen atoms in total. The maximum Gasteiger partial charge on any atom is 0.339 e. The van der Waals surface area contributed by atoms with Gasteiger partial charge in [-0.25, -0.2) is 4.79 Å². The molecule has 1 aromatic carbocycles. The molecule has 1 amide bonds. The minimum Gasteiger partial charge on any atom is -0.478 e. The van der Waals surface area contributed by atoms with E-state index in [1.54, 1.807) is 23.6 Å². The van der Waals surface area contributed by atoms with Gasteiger partial charge >= 0.3 is 5.97 Å². The Bertz CT molecular complexity index is 794. The fourth-order valence-electron chi connectivity index (χ4n) is 3.02. The van der Waals surface area contributed by atoms with Gasteiger partial charge in [0.2, 0.25) is 0 Å². The van der Waals surface area contributed by atoms with Crippen LogP contribution in [0.4, 0.5) is 0 Å². The van der Waals surface area contributed by atoms with Crippen LogP contribution in [0.3, 0.4) is 0 Å². The first-order valence-electron chi connectivity index (χ1n) is 8.55. The van der Waals surface area contributed by atoms with Crippen LogP contribution in [0.1, 0.15) is 46.4 Å². The smallest absolute Gasteiger partial charge is 0.339 e. The van der Waals surface area contributed by atoms with E-state index in [0.717, 1.165) is 17.9 Å². The van der Waals surface area contributed by atoms with Crippen molar-refractivity contribution in [3.8, 4) is 0 Å². The van der Waals surface area contributed by atoms with E-state index in [-0.39, 0.29) is 17.2 Å². The maximum atomic E-state index is 12.6. The zero-order chi connectivity index (χ0) is 18.7. The Morgan fingerprint density at radius 3 is 2.46 bits per heavy atom. The molecule has 1 aliphatic rings. The standard InChI is InChI=1S/C19H20ClNO4S/c1-2-16-15(19(23)24)11-17(25-16)18(22)21-9-7-14(8-10-21)26-13-5-3-12(20)4-6-13/h3-6,11,14H,2,7-10H2,1H3,(H,23,24). The van der Waals surface area contributed by atoms with E-state index >= 15 is 0 Å². The molecule has 2 heterocycles. The lowest BCUT2D eigenvalue weighted by Gasteiger charge is -2.31. The van der Waals surface area contributed by atoms with Gasteiger partial charge in [-0.05, 0) is 37.1 Å². The summed E-state index contributed by atoms with van der Waals surface area (Å²) >= 11 is 7.71. The number of halogens is 1. The van der Waals surface area contributed by atoms with Crippen molar-refractivity contribution in [3.63, 3.8) is 0 Å². The maximum absolute atomic E-state index is 12.6. The van der Waals surface area contributed by atoms with Gasteiger partial charge in [0.15, 0.2) is 5.76 Å². The zero-order valence-corrected chi connectivity index (χ0v) is 16.0. The molecular formula is C19H20ClNO4S. The number of aromatic carboxylic acids is 1. The third kappa shape index (κ3) is 4.24. The van der Waals surface area contributed by atoms with E-state index < -0.39 is 5.97 Å². The molecule has 1 fully saturated rings. The number of thioether (sulfide) groups is 1. The first kappa shape index (κ1) is 18.9. The number of amides is 1. The summed E-state index contributed by atoms with van der Waals surface area (Å²) in [6.07, 6.45) is 2.20. The highest BCUT2D eigenvalue weighted by atomic mass is 35.5. The van der Waals surface area contributed by atoms with Gasteiger partial charge in [0.25, 0.3) is 5.91 Å². The number of hydrogen-bond donors (Lipinski definition) is 1. The summed E-state index contributed by atoms with van der Waals surface area (Å²) < 4.78 is 5.48. The van der Waals surface area contributed by atoms with Crippen molar-refractivity contribution in [1.29, 1.82) is 0 Å². The second-order valence-corrected chi connectivity index (χ2v) is 7.98. The number of likely N-dealkylation sites (tertiary alicyclic amines) is 1. The molecule has 1 aromatic heterocycles. The lowest BCUT2D eigenvalue weighted by Crippen LogP contribution is -2.39. The van der Waals surface area contributed by atoms with Crippen LogP contribution >= 0.6 is 23.4 Å². The van der Waals surface area contributed by atoms with Crippen molar-refractivity contribution >= 4 is 35.2 Å². The second-order valence-electron chi connectivity index (χ2n) is 6.17. The number of furan rings is 1. The van der Waals surface area contributed by atoms with Crippen molar-refractivity contribution in [2.75, 3.05) is 13.1 Å². The Morgan fingerprint density at radius 2 is 1.92 bits per heavy atom. The van der Waals surface area contributed by atoms with Crippen molar-refractivity contribution in [2.45, 2.75) is 36.3 Å². The van der Waals surface area contributed by atoms with Gasteiger partial charge in [-0.1, -0.05) is 18.5 Å². The molecule has 1 N–H and O–H groups in total. The highest BCUT2D eigenvalue weighted by molar-refractivity contribution is 8.00. The summed E-state index contributed by atoms with van der Waals surface area (Å²) in [4.78, 5) is 26.8. The normalized spacial score (nSPS) is 15.2. The van der Waals surface area contributed by atoms with Crippen molar-refractivity contribution in [1.82, 2.24) is 4.90 Å². The topological polar surface area (TPSA) is 70.8 Å². The van der Waals surface area contributed by atoms with Gasteiger partial charge in [0.1, 0.15) is 11.3 Å². The number of benzene rings is 1. The SMILES string of the molecule is CCc1oc(C(=O)N2CCC(Sc3ccc(Cl)cc3)CC2)cc1C(=O)O. The summed E-state index contributed by atoms with van der Waals surface area (Å²) in [5, 5.41) is 10.4. The molecule has 0 saturated carbocycles. The Hall–Kier alpha value is -1.92. The molecule has 1 saturated heterocycles. The average molecular weight is 394 g/mol. The van der Waals surface area contributed by atoms with Crippen LogP contribution in [0.25, 0.3) is 0 Å². The van der Waals surface area contributed by atoms with Gasteiger partial charge in [-0.2, -0.15) is 0 Å². The summed E-state index contributed by atoms with van der Waals surface area (Å²) in [5.74, 6) is -0.845. The van der Waals surface area contributed by atoms with Crippen LogP contribution in [0.2, 0.25) is 5.02 Å². The van der Waals surface area contributed by atoms with Crippen LogP contribution in [0.5, 0.6) is 0 Å². The number of carbonyl (C=O) groups excluding carboxylic acids is 1. The predicted octanol–water partition coefficient (Wildman–Crippen LogP) is 4.59. The van der Waals surface area contributed by atoms with Crippen LogP contribution in [-0.4, -0.2) is 40.2 Å². The number of piperidine rings is 1. The zero-order valence-electron chi connectivity index (χ0n) is 14.4. The van der Waals surface area contributed by atoms with E-state index in [4.69, 9.17) is 16.0 Å². The van der Waals surface area contributed by atoms with Crippen molar-refractivity contribution in [3.05, 3.63) is 52.4 Å². The molecule has 0 unspecified atom stereocenters. The summed E-state index contributed by atoms with van der Waals surface area (Å²) in [5.41, 5.74) is 0.0732. The van der Waals surface area contributed by atoms with Crippen LogP contribution in [0.15, 0.2) is 39.6 Å². The molecule has 0 aliphatic carbocycles. The molecule has 0 spiro atoms. The first-order chi connectivity index (χ1) is 12.5. The summed E-state index contributed by atoms with van der Waals surface area (Å²) in [7, 11) is 0. The molecule has 138 valence electrons. The van der Waals surface area contributed by atoms with E-state index in [0.29, 0.717) is 30.5 Å². The van der Waals surface area contributed by atoms with Crippen molar-refractivity contribution < 1.29 is 19.1 Å². The highest BCUT2D eigenvalue weighted by Crippen LogP contribution is 2.31. The Balaban J connectivity index is 1.60. The monoisotopic (exact) mass is 393 g/mol. The molecule has 3 rings (SSSR count). The fourth-order valence-corrected chi connectivity index (χ4v) is 4.27. The van der Waals surface area contributed by atoms with Crippen LogP contribution < -0.4 is 0 Å². The minimum atomic E-state index is -1.07. The van der Waals surface area contributed by atoms with E-state index in [9.17, 15) is 14.7 Å². The number of carboxylic acid groups (broad SMARTS) is 1. The molecule has 0 radical (unpaired) electrons. The summed E-state index contributed by atoms with van der Waals surface area (Å²) in [6.45, 7) is 3.07. The molecule has 1 aliphatic heterocycles. The fraction of sp³-hybridized carbons (Fsp3) is 0.368. The van der Waals surface area contributed by atoms with Gasteiger partial charge in [-0.3, -0.25) is 4.79 Å². The first-order valence-corrected chi connectivity index (χ1v) is 9.81. The largest absolute Gasteiger partial charge is 0.478 e. The van der Waals surface area contributed by atoms with Crippen molar-refractivity contribution in [2.24, 2.45) is 0 Å². The average Bonchev–Trinajstić information content (AvgIpc) is 3.08. The second kappa shape index (κ2) is 8.18. The number of hydrogen-bond acceptors (Lipinski definition) is 4. The predicted molar refractivity (Wildman–Crippen MR) is 101 cm³/mol. The van der Waals surface area contributed by atoms with Crippen LogP contribution in [-0.2, 0) is 6.42 Å². The van der Waals surface area contributed by atoms with Gasteiger partial charge in [0.05, 0.1) is 0 Å². The number of rotatable bonds is 5. The van der Waals surface area contributed by atoms with Gasteiger partial charge < -0.3 is 14.4 Å². The number of carboxylic acids is 1. The molecule has 2 aromatic rings. The Morgan fingerprint density at radius 1 is 1.27 bits per heavy atom. The lowest BCUT2D eigenvalue weighted by molar-refractivity contribution is 0.0683. The molecule has 0 bridgehead atoms. The quantitative estimate of drug-likeness (QED) is 0.804.